The van der Waals surface area contributed by atoms with Gasteiger partial charge in [0, 0.05) is 11.8 Å². The molecule has 2 rings (SSSR count). The van der Waals surface area contributed by atoms with E-state index in [2.05, 4.69) is 6.92 Å². The lowest BCUT2D eigenvalue weighted by molar-refractivity contribution is -0.171. The van der Waals surface area contributed by atoms with Crippen molar-refractivity contribution in [2.45, 2.75) is 52.6 Å². The standard InChI is InChI=1S/C13H20O3/c1-8-6-12(15)16-11-7-13(3,9(2)14)5-4-10(8)11/h8,10-11H,4-7H2,1-3H3. The van der Waals surface area contributed by atoms with Crippen LogP contribution in [-0.4, -0.2) is 17.9 Å². The van der Waals surface area contributed by atoms with Gasteiger partial charge in [-0.2, -0.15) is 0 Å². The van der Waals surface area contributed by atoms with Crippen molar-refractivity contribution in [1.29, 1.82) is 0 Å². The second kappa shape index (κ2) is 3.86. The Hall–Kier alpha value is -0.860. The maximum Gasteiger partial charge on any atom is 0.306 e. The van der Waals surface area contributed by atoms with Gasteiger partial charge in [0.05, 0.1) is 0 Å². The third-order valence-electron chi connectivity index (χ3n) is 4.51. The molecule has 0 aromatic heterocycles. The zero-order valence-electron chi connectivity index (χ0n) is 10.3. The van der Waals surface area contributed by atoms with Gasteiger partial charge >= 0.3 is 5.97 Å². The molecule has 16 heavy (non-hydrogen) atoms. The van der Waals surface area contributed by atoms with Crippen molar-refractivity contribution >= 4 is 11.8 Å². The first kappa shape index (κ1) is 11.6. The van der Waals surface area contributed by atoms with Crippen molar-refractivity contribution in [1.82, 2.24) is 0 Å². The molecule has 0 aromatic rings. The van der Waals surface area contributed by atoms with Crippen LogP contribution in [0.4, 0.5) is 0 Å². The maximum atomic E-state index is 11.6. The van der Waals surface area contributed by atoms with E-state index in [1.165, 1.54) is 0 Å². The lowest BCUT2D eigenvalue weighted by Gasteiger charge is -2.45. The normalized spacial score (nSPS) is 43.4. The quantitative estimate of drug-likeness (QED) is 0.642. The fraction of sp³-hybridized carbons (Fsp3) is 0.846. The minimum atomic E-state index is -0.279. The van der Waals surface area contributed by atoms with Crippen LogP contribution in [0.5, 0.6) is 0 Å². The van der Waals surface area contributed by atoms with E-state index in [9.17, 15) is 9.59 Å². The number of hydrogen-bond acceptors (Lipinski definition) is 3. The number of fused-ring (bicyclic) bond motifs is 1. The zero-order chi connectivity index (χ0) is 11.9. The summed E-state index contributed by atoms with van der Waals surface area (Å²) in [6, 6.07) is 0. The Morgan fingerprint density at radius 2 is 2.19 bits per heavy atom. The molecule has 0 aromatic carbocycles. The highest BCUT2D eigenvalue weighted by Gasteiger charge is 2.46. The van der Waals surface area contributed by atoms with Gasteiger partial charge in [-0.05, 0) is 38.0 Å². The highest BCUT2D eigenvalue weighted by atomic mass is 16.5. The molecule has 4 atom stereocenters. The molecule has 1 aliphatic carbocycles. The number of carbonyl (C=O) groups excluding carboxylic acids is 2. The molecule has 2 aliphatic rings. The summed E-state index contributed by atoms with van der Waals surface area (Å²) in [7, 11) is 0. The molecule has 0 amide bonds. The molecule has 4 unspecified atom stereocenters. The van der Waals surface area contributed by atoms with Crippen molar-refractivity contribution < 1.29 is 14.3 Å². The van der Waals surface area contributed by atoms with Gasteiger partial charge < -0.3 is 4.74 Å². The number of Topliss-reactive ketones (excluding diaryl/α,β-unsaturated/α-hetero) is 1. The fourth-order valence-corrected chi connectivity index (χ4v) is 3.10. The lowest BCUT2D eigenvalue weighted by Crippen LogP contribution is -2.46. The van der Waals surface area contributed by atoms with Gasteiger partial charge in [-0.15, -0.1) is 0 Å². The van der Waals surface area contributed by atoms with Crippen molar-refractivity contribution in [2.24, 2.45) is 17.3 Å². The molecule has 1 aliphatic heterocycles. The Labute approximate surface area is 96.5 Å². The average molecular weight is 224 g/mol. The summed E-state index contributed by atoms with van der Waals surface area (Å²) in [6.45, 7) is 5.77. The van der Waals surface area contributed by atoms with Crippen molar-refractivity contribution in [3.63, 3.8) is 0 Å². The number of ether oxygens (including phenoxy) is 1. The molecule has 90 valence electrons. The molecule has 0 N–H and O–H groups in total. The minimum absolute atomic E-state index is 0.0288. The van der Waals surface area contributed by atoms with Crippen molar-refractivity contribution in [3.05, 3.63) is 0 Å². The van der Waals surface area contributed by atoms with Crippen LogP contribution in [0.2, 0.25) is 0 Å². The summed E-state index contributed by atoms with van der Waals surface area (Å²) >= 11 is 0. The predicted molar refractivity (Wildman–Crippen MR) is 59.8 cm³/mol. The zero-order valence-corrected chi connectivity index (χ0v) is 10.3. The molecular formula is C13H20O3. The van der Waals surface area contributed by atoms with Crippen LogP contribution in [0.15, 0.2) is 0 Å². The van der Waals surface area contributed by atoms with E-state index in [4.69, 9.17) is 4.74 Å². The van der Waals surface area contributed by atoms with Gasteiger partial charge in [-0.25, -0.2) is 0 Å². The molecule has 0 radical (unpaired) electrons. The minimum Gasteiger partial charge on any atom is -0.462 e. The summed E-state index contributed by atoms with van der Waals surface area (Å²) in [6.07, 6.45) is 3.17. The largest absolute Gasteiger partial charge is 0.462 e. The molecule has 3 heteroatoms. The topological polar surface area (TPSA) is 43.4 Å². The summed E-state index contributed by atoms with van der Waals surface area (Å²) in [5.74, 6) is 0.995. The van der Waals surface area contributed by atoms with Gasteiger partial charge in [0.15, 0.2) is 0 Å². The summed E-state index contributed by atoms with van der Waals surface area (Å²) in [5, 5.41) is 0. The Morgan fingerprint density at radius 3 is 2.81 bits per heavy atom. The number of rotatable bonds is 1. The summed E-state index contributed by atoms with van der Waals surface area (Å²) in [5.41, 5.74) is -0.279. The first-order chi connectivity index (χ1) is 7.42. The van der Waals surface area contributed by atoms with Crippen LogP contribution in [0.25, 0.3) is 0 Å². The monoisotopic (exact) mass is 224 g/mol. The van der Waals surface area contributed by atoms with Gasteiger partial charge in [0.1, 0.15) is 11.9 Å². The highest BCUT2D eigenvalue weighted by Crippen LogP contribution is 2.45. The van der Waals surface area contributed by atoms with Crippen LogP contribution in [0.3, 0.4) is 0 Å². The van der Waals surface area contributed by atoms with Crippen LogP contribution >= 0.6 is 0 Å². The van der Waals surface area contributed by atoms with Gasteiger partial charge in [0.25, 0.3) is 0 Å². The first-order valence-corrected chi connectivity index (χ1v) is 6.13. The average Bonchev–Trinajstić information content (AvgIpc) is 2.16. The molecule has 1 saturated heterocycles. The number of esters is 1. The van der Waals surface area contributed by atoms with Gasteiger partial charge in [-0.1, -0.05) is 13.8 Å². The molecule has 1 heterocycles. The number of hydrogen-bond donors (Lipinski definition) is 0. The Morgan fingerprint density at radius 1 is 1.50 bits per heavy atom. The second-order valence-electron chi connectivity index (χ2n) is 5.73. The van der Waals surface area contributed by atoms with E-state index in [-0.39, 0.29) is 23.3 Å². The Bertz CT molecular complexity index is 323. The molecule has 0 spiro atoms. The molecule has 0 bridgehead atoms. The van der Waals surface area contributed by atoms with E-state index >= 15 is 0 Å². The Balaban J connectivity index is 2.14. The first-order valence-electron chi connectivity index (χ1n) is 6.13. The van der Waals surface area contributed by atoms with E-state index in [0.717, 1.165) is 12.8 Å². The summed E-state index contributed by atoms with van der Waals surface area (Å²) in [4.78, 5) is 23.0. The van der Waals surface area contributed by atoms with E-state index in [0.29, 0.717) is 24.7 Å². The molecule has 1 saturated carbocycles. The molecule has 2 fully saturated rings. The second-order valence-corrected chi connectivity index (χ2v) is 5.73. The van der Waals surface area contributed by atoms with Gasteiger partial charge in [-0.3, -0.25) is 9.59 Å². The maximum absolute atomic E-state index is 11.6. The summed E-state index contributed by atoms with van der Waals surface area (Å²) < 4.78 is 5.42. The van der Waals surface area contributed by atoms with Crippen LogP contribution in [0, 0.1) is 17.3 Å². The fourth-order valence-electron chi connectivity index (χ4n) is 3.10. The predicted octanol–water partition coefficient (Wildman–Crippen LogP) is 2.33. The van der Waals surface area contributed by atoms with Gasteiger partial charge in [0.2, 0.25) is 0 Å². The van der Waals surface area contributed by atoms with E-state index < -0.39 is 0 Å². The smallest absolute Gasteiger partial charge is 0.306 e. The molecule has 3 nitrogen and oxygen atoms in total. The molecular weight excluding hydrogens is 204 g/mol. The highest BCUT2D eigenvalue weighted by molar-refractivity contribution is 5.82. The van der Waals surface area contributed by atoms with Crippen LogP contribution in [0.1, 0.15) is 46.5 Å². The van der Waals surface area contributed by atoms with Crippen molar-refractivity contribution in [2.75, 3.05) is 0 Å². The number of carbonyl (C=O) groups is 2. The van der Waals surface area contributed by atoms with Crippen LogP contribution < -0.4 is 0 Å². The lowest BCUT2D eigenvalue weighted by atomic mass is 9.64. The number of ketones is 1. The van der Waals surface area contributed by atoms with E-state index in [1.807, 2.05) is 6.92 Å². The SMILES string of the molecule is CC(=O)C1(C)CCC2C(C)CC(=O)OC2C1. The van der Waals surface area contributed by atoms with E-state index in [1.54, 1.807) is 6.92 Å². The third kappa shape index (κ3) is 1.87. The third-order valence-corrected chi connectivity index (χ3v) is 4.51. The Kier molecular flexibility index (Phi) is 2.81. The van der Waals surface area contributed by atoms with Crippen LogP contribution in [-0.2, 0) is 14.3 Å². The van der Waals surface area contributed by atoms with Crippen molar-refractivity contribution in [3.8, 4) is 0 Å².